The lowest BCUT2D eigenvalue weighted by atomic mass is 9.99. The first-order valence-corrected chi connectivity index (χ1v) is 15.1. The van der Waals surface area contributed by atoms with Gasteiger partial charge in [0.15, 0.2) is 5.16 Å². The van der Waals surface area contributed by atoms with E-state index in [2.05, 4.69) is 27.4 Å². The van der Waals surface area contributed by atoms with Crippen molar-refractivity contribution >= 4 is 41.0 Å². The van der Waals surface area contributed by atoms with Gasteiger partial charge in [0, 0.05) is 31.7 Å². The van der Waals surface area contributed by atoms with Gasteiger partial charge in [-0.25, -0.2) is 14.4 Å². The van der Waals surface area contributed by atoms with Gasteiger partial charge in [-0.3, -0.25) is 9.59 Å². The maximum absolute atomic E-state index is 14.2. The first-order valence-electron chi connectivity index (χ1n) is 13.7. The number of nitrogens with one attached hydrogen (secondary N) is 1. The minimum Gasteiger partial charge on any atom is -0.353 e. The molecule has 0 spiro atoms. The predicted molar refractivity (Wildman–Crippen MR) is 164 cm³/mol. The number of nitrogens with zero attached hydrogens (tertiary/aromatic N) is 4. The highest BCUT2D eigenvalue weighted by Gasteiger charge is 2.30. The molecule has 1 fully saturated rings. The fourth-order valence-electron chi connectivity index (χ4n) is 5.02. The molecule has 1 aromatic heterocycles. The van der Waals surface area contributed by atoms with Crippen LogP contribution in [0.25, 0.3) is 0 Å². The van der Waals surface area contributed by atoms with Gasteiger partial charge in [-0.2, -0.15) is 0 Å². The van der Waals surface area contributed by atoms with Gasteiger partial charge in [0.2, 0.25) is 5.91 Å². The SMILES string of the molecule is CC1CN(c2cc(Cl)nc(SCC(=O)NC(Cc3ccccc3)c3ccccc3)n2)CCN1C(=O)c1ccccc1F. The molecule has 42 heavy (non-hydrogen) atoms. The second-order valence-electron chi connectivity index (χ2n) is 10.1. The number of carbonyl (C=O) groups is 2. The van der Waals surface area contributed by atoms with Crippen molar-refractivity contribution in [2.75, 3.05) is 30.3 Å². The molecule has 1 N–H and O–H groups in total. The molecule has 216 valence electrons. The Balaban J connectivity index is 1.21. The van der Waals surface area contributed by atoms with Gasteiger partial charge in [-0.15, -0.1) is 0 Å². The van der Waals surface area contributed by atoms with Crippen molar-refractivity contribution in [3.8, 4) is 0 Å². The highest BCUT2D eigenvalue weighted by Crippen LogP contribution is 2.26. The minimum absolute atomic E-state index is 0.0677. The van der Waals surface area contributed by atoms with Crippen molar-refractivity contribution in [2.24, 2.45) is 0 Å². The largest absolute Gasteiger partial charge is 0.353 e. The molecule has 5 rings (SSSR count). The highest BCUT2D eigenvalue weighted by molar-refractivity contribution is 7.99. The summed E-state index contributed by atoms with van der Waals surface area (Å²) in [5, 5.41) is 3.82. The van der Waals surface area contributed by atoms with Crippen molar-refractivity contribution in [3.05, 3.63) is 119 Å². The summed E-state index contributed by atoms with van der Waals surface area (Å²) in [4.78, 5) is 38.7. The molecule has 7 nitrogen and oxygen atoms in total. The van der Waals surface area contributed by atoms with Crippen LogP contribution in [-0.2, 0) is 11.2 Å². The van der Waals surface area contributed by atoms with E-state index in [9.17, 15) is 14.0 Å². The van der Waals surface area contributed by atoms with Crippen LogP contribution in [0.2, 0.25) is 5.15 Å². The summed E-state index contributed by atoms with van der Waals surface area (Å²) in [6.45, 7) is 3.33. The van der Waals surface area contributed by atoms with Crippen molar-refractivity contribution in [1.82, 2.24) is 20.2 Å². The number of hydrogen-bond acceptors (Lipinski definition) is 6. The molecule has 0 saturated carbocycles. The van der Waals surface area contributed by atoms with Crippen LogP contribution < -0.4 is 10.2 Å². The molecule has 2 amide bonds. The van der Waals surface area contributed by atoms with Crippen LogP contribution in [0.5, 0.6) is 0 Å². The number of piperazine rings is 1. The van der Waals surface area contributed by atoms with E-state index >= 15 is 0 Å². The van der Waals surface area contributed by atoms with Crippen molar-refractivity contribution in [1.29, 1.82) is 0 Å². The van der Waals surface area contributed by atoms with Crippen LogP contribution in [0.15, 0.2) is 96.2 Å². The highest BCUT2D eigenvalue weighted by atomic mass is 35.5. The molecule has 2 unspecified atom stereocenters. The second-order valence-corrected chi connectivity index (χ2v) is 11.4. The summed E-state index contributed by atoms with van der Waals surface area (Å²) in [5.41, 5.74) is 2.23. The maximum Gasteiger partial charge on any atom is 0.257 e. The molecule has 2 heterocycles. The van der Waals surface area contributed by atoms with E-state index in [1.54, 1.807) is 23.1 Å². The first-order chi connectivity index (χ1) is 20.4. The Hall–Kier alpha value is -3.95. The minimum atomic E-state index is -0.527. The lowest BCUT2D eigenvalue weighted by Crippen LogP contribution is -2.54. The van der Waals surface area contributed by atoms with Crippen molar-refractivity contribution in [2.45, 2.75) is 30.6 Å². The first kappa shape index (κ1) is 29.5. The molecule has 1 aliphatic heterocycles. The molecule has 0 aliphatic carbocycles. The number of benzene rings is 3. The zero-order valence-corrected chi connectivity index (χ0v) is 24.7. The Morgan fingerprint density at radius 3 is 2.40 bits per heavy atom. The van der Waals surface area contributed by atoms with E-state index in [-0.39, 0.29) is 40.4 Å². The normalized spacial score (nSPS) is 15.7. The molecular weight excluding hydrogens is 573 g/mol. The fourth-order valence-corrected chi connectivity index (χ4v) is 5.91. The van der Waals surface area contributed by atoms with Crippen LogP contribution in [0, 0.1) is 5.82 Å². The van der Waals surface area contributed by atoms with Crippen LogP contribution in [0.3, 0.4) is 0 Å². The van der Waals surface area contributed by atoms with Gasteiger partial charge in [0.05, 0.1) is 17.4 Å². The van der Waals surface area contributed by atoms with Gasteiger partial charge in [-0.05, 0) is 36.6 Å². The molecule has 4 aromatic rings. The van der Waals surface area contributed by atoms with Crippen LogP contribution in [0.4, 0.5) is 10.2 Å². The van der Waals surface area contributed by atoms with Crippen LogP contribution >= 0.6 is 23.4 Å². The lowest BCUT2D eigenvalue weighted by Gasteiger charge is -2.40. The Labute approximate surface area is 254 Å². The third-order valence-corrected chi connectivity index (χ3v) is 8.17. The summed E-state index contributed by atoms with van der Waals surface area (Å²) in [6, 6.07) is 27.3. The maximum atomic E-state index is 14.2. The van der Waals surface area contributed by atoms with E-state index in [1.165, 1.54) is 23.9 Å². The van der Waals surface area contributed by atoms with E-state index in [1.807, 2.05) is 60.4 Å². The standard InChI is InChI=1S/C32H31ClFN5O2S/c1-22-20-38(16-17-39(22)31(41)25-14-8-9-15-26(25)34)29-19-28(33)36-32(37-29)42-21-30(40)35-27(24-12-6-3-7-13-24)18-23-10-4-2-5-11-23/h2-15,19,22,27H,16-18,20-21H2,1H3,(H,35,40). The molecule has 0 radical (unpaired) electrons. The third kappa shape index (κ3) is 7.46. The van der Waals surface area contributed by atoms with E-state index in [0.29, 0.717) is 37.0 Å². The third-order valence-electron chi connectivity index (χ3n) is 7.13. The summed E-state index contributed by atoms with van der Waals surface area (Å²) < 4.78 is 14.2. The average Bonchev–Trinajstić information content (AvgIpc) is 3.00. The Bertz CT molecular complexity index is 1530. The number of rotatable bonds is 9. The van der Waals surface area contributed by atoms with Gasteiger partial charge in [-0.1, -0.05) is 96.2 Å². The summed E-state index contributed by atoms with van der Waals surface area (Å²) >= 11 is 7.57. The average molecular weight is 604 g/mol. The molecule has 3 aromatic carbocycles. The van der Waals surface area contributed by atoms with Crippen molar-refractivity contribution < 1.29 is 14.0 Å². The van der Waals surface area contributed by atoms with Gasteiger partial charge in [0.25, 0.3) is 5.91 Å². The quantitative estimate of drug-likeness (QED) is 0.148. The summed E-state index contributed by atoms with van der Waals surface area (Å²) in [6.07, 6.45) is 0.669. The van der Waals surface area contributed by atoms with E-state index in [0.717, 1.165) is 11.1 Å². The smallest absolute Gasteiger partial charge is 0.257 e. The Morgan fingerprint density at radius 2 is 1.69 bits per heavy atom. The van der Waals surface area contributed by atoms with E-state index in [4.69, 9.17) is 11.6 Å². The lowest BCUT2D eigenvalue weighted by molar-refractivity contribution is -0.119. The number of carbonyl (C=O) groups excluding carboxylic acids is 2. The summed E-state index contributed by atoms with van der Waals surface area (Å²) in [7, 11) is 0. The molecular formula is C32H31ClFN5O2S. The van der Waals surface area contributed by atoms with Crippen molar-refractivity contribution in [3.63, 3.8) is 0 Å². The number of halogens is 2. The molecule has 0 bridgehead atoms. The number of anilines is 1. The number of thioether (sulfide) groups is 1. The monoisotopic (exact) mass is 603 g/mol. The van der Waals surface area contributed by atoms with Crippen LogP contribution in [0.1, 0.15) is 34.5 Å². The zero-order valence-electron chi connectivity index (χ0n) is 23.1. The van der Waals surface area contributed by atoms with E-state index < -0.39 is 5.82 Å². The molecule has 1 saturated heterocycles. The Morgan fingerprint density at radius 1 is 1.00 bits per heavy atom. The zero-order chi connectivity index (χ0) is 29.5. The molecule has 2 atom stereocenters. The Kier molecular flexibility index (Phi) is 9.71. The second kappa shape index (κ2) is 13.8. The number of amides is 2. The molecule has 10 heteroatoms. The van der Waals surface area contributed by atoms with Gasteiger partial charge >= 0.3 is 0 Å². The molecule has 1 aliphatic rings. The van der Waals surface area contributed by atoms with Gasteiger partial charge in [0.1, 0.15) is 16.8 Å². The summed E-state index contributed by atoms with van der Waals surface area (Å²) in [5.74, 6) is -0.248. The number of hydrogen-bond donors (Lipinski definition) is 1. The number of aromatic nitrogens is 2. The predicted octanol–water partition coefficient (Wildman–Crippen LogP) is 5.81. The van der Waals surface area contributed by atoms with Crippen LogP contribution in [-0.4, -0.2) is 58.1 Å². The topological polar surface area (TPSA) is 78.4 Å². The van der Waals surface area contributed by atoms with Gasteiger partial charge < -0.3 is 15.1 Å². The fraction of sp³-hybridized carbons (Fsp3) is 0.250.